The van der Waals surface area contributed by atoms with E-state index in [0.717, 1.165) is 25.9 Å². The first-order valence-corrected chi connectivity index (χ1v) is 12.8. The molecule has 0 spiro atoms. The fraction of sp³-hybridized carbons (Fsp3) is 0.636. The van der Waals surface area contributed by atoms with E-state index in [1.54, 1.807) is 6.07 Å². The fourth-order valence-electron chi connectivity index (χ4n) is 4.71. The molecule has 0 aliphatic carbocycles. The summed E-state index contributed by atoms with van der Waals surface area (Å²) in [5.74, 6) is -0.0487. The molecule has 3 heterocycles. The molecule has 2 aliphatic rings. The summed E-state index contributed by atoms with van der Waals surface area (Å²) in [6.45, 7) is 4.80. The summed E-state index contributed by atoms with van der Waals surface area (Å²) in [4.78, 5) is 26.7. The topological polar surface area (TPSA) is 92.8 Å². The molecular weight excluding hydrogens is 418 g/mol. The van der Waals surface area contributed by atoms with Crippen LogP contribution in [0.2, 0.25) is 0 Å². The predicted octanol–water partition coefficient (Wildman–Crippen LogP) is 2.81. The van der Waals surface area contributed by atoms with Gasteiger partial charge >= 0.3 is 5.76 Å². The quantitative estimate of drug-likeness (QED) is 0.700. The summed E-state index contributed by atoms with van der Waals surface area (Å²) in [6, 6.07) is 4.60. The molecule has 2 aromatic rings. The molecule has 2 saturated heterocycles. The maximum absolute atomic E-state index is 13.1. The number of benzene rings is 1. The van der Waals surface area contributed by atoms with Crippen molar-refractivity contribution >= 4 is 27.0 Å². The Morgan fingerprint density at radius 3 is 2.39 bits per heavy atom. The molecule has 170 valence electrons. The minimum Gasteiger partial charge on any atom is -0.408 e. The number of carbonyl (C=O) groups excluding carboxylic acids is 1. The number of likely N-dealkylation sites (tertiary alicyclic amines) is 1. The maximum atomic E-state index is 13.1. The summed E-state index contributed by atoms with van der Waals surface area (Å²) in [5.41, 5.74) is 0.878. The van der Waals surface area contributed by atoms with Gasteiger partial charge in [-0.1, -0.05) is 12.8 Å². The second kappa shape index (κ2) is 9.16. The van der Waals surface area contributed by atoms with Gasteiger partial charge in [-0.15, -0.1) is 0 Å². The van der Waals surface area contributed by atoms with Gasteiger partial charge in [0, 0.05) is 45.2 Å². The average Bonchev–Trinajstić information content (AvgIpc) is 2.92. The Bertz CT molecular complexity index is 1090. The van der Waals surface area contributed by atoms with Crippen molar-refractivity contribution in [3.63, 3.8) is 0 Å². The smallest absolute Gasteiger partial charge is 0.408 e. The van der Waals surface area contributed by atoms with E-state index in [9.17, 15) is 18.0 Å². The maximum Gasteiger partial charge on any atom is 0.419 e. The third kappa shape index (κ3) is 4.57. The molecule has 0 bridgehead atoms. The third-order valence-electron chi connectivity index (χ3n) is 6.59. The van der Waals surface area contributed by atoms with Crippen molar-refractivity contribution in [2.75, 3.05) is 26.2 Å². The van der Waals surface area contributed by atoms with Gasteiger partial charge < -0.3 is 9.32 Å². The molecule has 0 radical (unpaired) electrons. The van der Waals surface area contributed by atoms with Crippen molar-refractivity contribution in [1.29, 1.82) is 0 Å². The molecule has 4 rings (SSSR count). The number of aromatic nitrogens is 1. The lowest BCUT2D eigenvalue weighted by molar-refractivity contribution is -0.132. The molecule has 8 nitrogen and oxygen atoms in total. The van der Waals surface area contributed by atoms with Gasteiger partial charge in [-0.05, 0) is 50.7 Å². The van der Waals surface area contributed by atoms with Crippen LogP contribution in [0.3, 0.4) is 0 Å². The zero-order valence-electron chi connectivity index (χ0n) is 18.1. The van der Waals surface area contributed by atoms with Crippen LogP contribution in [0.4, 0.5) is 0 Å². The van der Waals surface area contributed by atoms with E-state index < -0.39 is 15.8 Å². The van der Waals surface area contributed by atoms with Crippen molar-refractivity contribution < 1.29 is 17.6 Å². The van der Waals surface area contributed by atoms with E-state index in [1.165, 1.54) is 33.8 Å². The largest absolute Gasteiger partial charge is 0.419 e. The second-order valence-electron chi connectivity index (χ2n) is 8.59. The lowest BCUT2D eigenvalue weighted by Gasteiger charge is -2.32. The van der Waals surface area contributed by atoms with Crippen molar-refractivity contribution in [1.82, 2.24) is 13.8 Å². The number of hydrogen-bond acceptors (Lipinski definition) is 5. The van der Waals surface area contributed by atoms with Crippen LogP contribution in [0.1, 0.15) is 51.9 Å². The number of oxazole rings is 1. The Balaban J connectivity index is 1.40. The van der Waals surface area contributed by atoms with Crippen LogP contribution in [0, 0.1) is 5.92 Å². The Morgan fingerprint density at radius 1 is 1.06 bits per heavy atom. The first-order valence-electron chi connectivity index (χ1n) is 11.3. The van der Waals surface area contributed by atoms with Gasteiger partial charge in [-0.25, -0.2) is 13.2 Å². The van der Waals surface area contributed by atoms with Crippen molar-refractivity contribution in [2.24, 2.45) is 5.92 Å². The summed E-state index contributed by atoms with van der Waals surface area (Å²) >= 11 is 0. The molecule has 2 fully saturated rings. The number of hydrogen-bond donors (Lipinski definition) is 0. The first kappa shape index (κ1) is 22.1. The molecule has 2 aliphatic heterocycles. The molecule has 0 unspecified atom stereocenters. The van der Waals surface area contributed by atoms with Gasteiger partial charge in [0.15, 0.2) is 5.58 Å². The highest BCUT2D eigenvalue weighted by molar-refractivity contribution is 7.89. The highest BCUT2D eigenvalue weighted by Crippen LogP contribution is 2.28. The van der Waals surface area contributed by atoms with Crippen LogP contribution >= 0.6 is 0 Å². The third-order valence-corrected chi connectivity index (χ3v) is 8.48. The molecule has 31 heavy (non-hydrogen) atoms. The second-order valence-corrected chi connectivity index (χ2v) is 10.5. The monoisotopic (exact) mass is 449 g/mol. The van der Waals surface area contributed by atoms with E-state index in [4.69, 9.17) is 4.42 Å². The molecule has 0 atom stereocenters. The average molecular weight is 450 g/mol. The molecule has 1 aromatic heterocycles. The van der Waals surface area contributed by atoms with Crippen LogP contribution in [-0.4, -0.2) is 54.3 Å². The van der Waals surface area contributed by atoms with Crippen molar-refractivity contribution in [2.45, 2.75) is 63.3 Å². The summed E-state index contributed by atoms with van der Waals surface area (Å²) in [7, 11) is -3.67. The number of carbonyl (C=O) groups is 1. The van der Waals surface area contributed by atoms with Crippen LogP contribution < -0.4 is 5.76 Å². The van der Waals surface area contributed by atoms with Gasteiger partial charge in [0.1, 0.15) is 0 Å². The molecular formula is C22H31N3O5S. The van der Waals surface area contributed by atoms with Crippen molar-refractivity contribution in [3.8, 4) is 0 Å². The van der Waals surface area contributed by atoms with Crippen LogP contribution in [0.15, 0.2) is 32.3 Å². The normalized spacial score (nSPS) is 19.6. The lowest BCUT2D eigenvalue weighted by Crippen LogP contribution is -2.40. The van der Waals surface area contributed by atoms with E-state index in [2.05, 4.69) is 0 Å². The van der Waals surface area contributed by atoms with Crippen LogP contribution in [0.25, 0.3) is 11.1 Å². The Labute approximate surface area is 182 Å². The fourth-order valence-corrected chi connectivity index (χ4v) is 6.19. The summed E-state index contributed by atoms with van der Waals surface area (Å²) in [5, 5.41) is 0. The van der Waals surface area contributed by atoms with Gasteiger partial charge in [-0.3, -0.25) is 9.36 Å². The molecule has 0 N–H and O–H groups in total. The van der Waals surface area contributed by atoms with Gasteiger partial charge in [0.25, 0.3) is 0 Å². The van der Waals surface area contributed by atoms with Gasteiger partial charge in [0.05, 0.1) is 10.4 Å². The highest BCUT2D eigenvalue weighted by atomic mass is 32.2. The zero-order chi connectivity index (χ0) is 22.0. The van der Waals surface area contributed by atoms with E-state index >= 15 is 0 Å². The lowest BCUT2D eigenvalue weighted by atomic mass is 9.94. The number of piperidine rings is 1. The number of nitrogens with zero attached hydrogens (tertiary/aromatic N) is 3. The molecule has 1 aromatic carbocycles. The number of sulfonamides is 1. The van der Waals surface area contributed by atoms with Gasteiger partial charge in [0.2, 0.25) is 15.9 Å². The van der Waals surface area contributed by atoms with Crippen LogP contribution in [0.5, 0.6) is 0 Å². The van der Waals surface area contributed by atoms with E-state index in [-0.39, 0.29) is 22.3 Å². The minimum atomic E-state index is -3.67. The molecule has 0 saturated carbocycles. The van der Waals surface area contributed by atoms with Crippen LogP contribution in [-0.2, 0) is 21.4 Å². The highest BCUT2D eigenvalue weighted by Gasteiger charge is 2.31. The van der Waals surface area contributed by atoms with Crippen molar-refractivity contribution in [3.05, 3.63) is 28.7 Å². The number of rotatable bonds is 5. The zero-order valence-corrected chi connectivity index (χ0v) is 18.9. The Hall–Kier alpha value is -2.13. The van der Waals surface area contributed by atoms with E-state index in [0.29, 0.717) is 44.4 Å². The number of fused-ring (bicyclic) bond motifs is 1. The number of aryl methyl sites for hydroxylation is 1. The molecule has 1 amide bonds. The minimum absolute atomic E-state index is 0.135. The number of amides is 1. The predicted molar refractivity (Wildman–Crippen MR) is 117 cm³/mol. The summed E-state index contributed by atoms with van der Waals surface area (Å²) < 4.78 is 34.4. The van der Waals surface area contributed by atoms with Gasteiger partial charge in [-0.2, -0.15) is 4.31 Å². The molecule has 9 heteroatoms. The Morgan fingerprint density at radius 2 is 1.74 bits per heavy atom. The Kier molecular flexibility index (Phi) is 6.52. The standard InChI is InChI=1S/C22H31N3O5S/c1-2-25-19-8-7-18(16-20(19)30-22(25)27)31(28,29)24-13-9-17(10-14-24)15-21(26)23-11-5-3-4-6-12-23/h7-8,16-17H,2-6,9-15H2,1H3. The SMILES string of the molecule is CCn1c(=O)oc2cc(S(=O)(=O)N3CCC(CC(=O)N4CCCCCC4)CC3)ccc21. The first-order chi connectivity index (χ1) is 14.9. The van der Waals surface area contributed by atoms with E-state index in [1.807, 2.05) is 11.8 Å². The summed E-state index contributed by atoms with van der Waals surface area (Å²) in [6.07, 6.45) is 6.42.